The van der Waals surface area contributed by atoms with Gasteiger partial charge in [-0.3, -0.25) is 4.90 Å². The number of aromatic nitrogens is 3. The van der Waals surface area contributed by atoms with Gasteiger partial charge in [0.05, 0.1) is 34.0 Å². The summed E-state index contributed by atoms with van der Waals surface area (Å²) in [6.07, 6.45) is -1.30. The molecular formula is C26H24F3N5. The van der Waals surface area contributed by atoms with E-state index in [0.29, 0.717) is 23.7 Å². The molecular weight excluding hydrogens is 439 g/mol. The van der Waals surface area contributed by atoms with Crippen molar-refractivity contribution in [2.75, 3.05) is 10.2 Å². The fourth-order valence-electron chi connectivity index (χ4n) is 4.09. The van der Waals surface area contributed by atoms with Crippen LogP contribution in [-0.2, 0) is 18.1 Å². The van der Waals surface area contributed by atoms with E-state index < -0.39 is 11.7 Å². The number of pyridine rings is 1. The van der Waals surface area contributed by atoms with E-state index in [-0.39, 0.29) is 11.1 Å². The molecule has 1 N–H and O–H groups in total. The molecule has 2 aromatic heterocycles. The van der Waals surface area contributed by atoms with E-state index in [1.807, 2.05) is 45.0 Å². The molecule has 4 aromatic rings. The average Bonchev–Trinajstić information content (AvgIpc) is 3.24. The molecule has 2 aromatic carbocycles. The summed E-state index contributed by atoms with van der Waals surface area (Å²) >= 11 is 0. The highest BCUT2D eigenvalue weighted by atomic mass is 19.4. The van der Waals surface area contributed by atoms with Crippen LogP contribution in [0.15, 0.2) is 73.1 Å². The highest BCUT2D eigenvalue weighted by Crippen LogP contribution is 2.47. The van der Waals surface area contributed by atoms with E-state index in [4.69, 9.17) is 0 Å². The molecule has 0 atom stereocenters. The Bertz CT molecular complexity index is 1300. The number of hydrogen-bond donors (Lipinski definition) is 1. The molecule has 0 amide bonds. The van der Waals surface area contributed by atoms with Crippen LogP contribution in [0.25, 0.3) is 5.69 Å². The topological polar surface area (TPSA) is 46.0 Å². The number of halogens is 3. The normalized spacial score (nSPS) is 13.6. The van der Waals surface area contributed by atoms with Crippen molar-refractivity contribution >= 4 is 22.9 Å². The number of hydrogen-bond acceptors (Lipinski definition) is 4. The SMILES string of the molecule is CC(C)(C)c1ccn(-c2ccc(N3c4ccccc4NCc4cccnc43)c(C(F)(F)F)c2)n1. The van der Waals surface area contributed by atoms with Crippen LogP contribution in [0.5, 0.6) is 0 Å². The van der Waals surface area contributed by atoms with E-state index in [2.05, 4.69) is 15.4 Å². The number of nitrogens with one attached hydrogen (secondary N) is 1. The molecule has 0 spiro atoms. The van der Waals surface area contributed by atoms with Gasteiger partial charge in [0.25, 0.3) is 0 Å². The first-order chi connectivity index (χ1) is 16.1. The Morgan fingerprint density at radius 2 is 1.71 bits per heavy atom. The molecule has 0 saturated carbocycles. The van der Waals surface area contributed by atoms with E-state index in [0.717, 1.165) is 23.0 Å². The minimum Gasteiger partial charge on any atom is -0.379 e. The first kappa shape index (κ1) is 22.0. The lowest BCUT2D eigenvalue weighted by molar-refractivity contribution is -0.137. The van der Waals surface area contributed by atoms with E-state index in [1.165, 1.54) is 10.7 Å². The predicted molar refractivity (Wildman–Crippen MR) is 127 cm³/mol. The number of fused-ring (bicyclic) bond motifs is 2. The van der Waals surface area contributed by atoms with Crippen molar-refractivity contribution in [3.8, 4) is 5.69 Å². The molecule has 34 heavy (non-hydrogen) atoms. The van der Waals surface area contributed by atoms with Crippen molar-refractivity contribution < 1.29 is 13.2 Å². The number of para-hydroxylation sites is 2. The van der Waals surface area contributed by atoms with Crippen molar-refractivity contribution in [1.29, 1.82) is 0 Å². The van der Waals surface area contributed by atoms with Gasteiger partial charge < -0.3 is 5.32 Å². The molecule has 0 unspecified atom stereocenters. The summed E-state index contributed by atoms with van der Waals surface area (Å²) < 4.78 is 44.9. The monoisotopic (exact) mass is 463 g/mol. The highest BCUT2D eigenvalue weighted by molar-refractivity contribution is 5.87. The largest absolute Gasteiger partial charge is 0.418 e. The Balaban J connectivity index is 1.71. The lowest BCUT2D eigenvalue weighted by Crippen LogP contribution is -2.19. The molecule has 5 rings (SSSR count). The minimum absolute atomic E-state index is 0.00977. The van der Waals surface area contributed by atoms with Gasteiger partial charge in [-0.1, -0.05) is 39.0 Å². The summed E-state index contributed by atoms with van der Waals surface area (Å²) in [6.45, 7) is 6.50. The van der Waals surface area contributed by atoms with Gasteiger partial charge in [-0.05, 0) is 42.5 Å². The predicted octanol–water partition coefficient (Wildman–Crippen LogP) is 6.98. The smallest absolute Gasteiger partial charge is 0.379 e. The van der Waals surface area contributed by atoms with Gasteiger partial charge in [-0.15, -0.1) is 0 Å². The van der Waals surface area contributed by atoms with Gasteiger partial charge in [-0.2, -0.15) is 18.3 Å². The summed E-state index contributed by atoms with van der Waals surface area (Å²) in [4.78, 5) is 6.06. The van der Waals surface area contributed by atoms with E-state index in [9.17, 15) is 13.2 Å². The molecule has 3 heterocycles. The third-order valence-corrected chi connectivity index (χ3v) is 5.84. The third kappa shape index (κ3) is 3.89. The fourth-order valence-corrected chi connectivity index (χ4v) is 4.09. The zero-order valence-electron chi connectivity index (χ0n) is 19.1. The molecule has 5 nitrogen and oxygen atoms in total. The zero-order valence-corrected chi connectivity index (χ0v) is 19.1. The summed E-state index contributed by atoms with van der Waals surface area (Å²) in [7, 11) is 0. The van der Waals surface area contributed by atoms with Gasteiger partial charge >= 0.3 is 6.18 Å². The van der Waals surface area contributed by atoms with Crippen LogP contribution in [0.3, 0.4) is 0 Å². The van der Waals surface area contributed by atoms with Gasteiger partial charge in [-0.25, -0.2) is 9.67 Å². The molecule has 1 aliphatic heterocycles. The van der Waals surface area contributed by atoms with Gasteiger partial charge in [0, 0.05) is 29.9 Å². The molecule has 0 bridgehead atoms. The first-order valence-corrected chi connectivity index (χ1v) is 11.0. The van der Waals surface area contributed by atoms with E-state index >= 15 is 0 Å². The maximum Gasteiger partial charge on any atom is 0.418 e. The third-order valence-electron chi connectivity index (χ3n) is 5.84. The van der Waals surface area contributed by atoms with Crippen LogP contribution in [-0.4, -0.2) is 14.8 Å². The Morgan fingerprint density at radius 3 is 2.44 bits per heavy atom. The quantitative estimate of drug-likeness (QED) is 0.348. The molecule has 0 aliphatic carbocycles. The summed E-state index contributed by atoms with van der Waals surface area (Å²) in [5.41, 5.74) is 2.33. The van der Waals surface area contributed by atoms with Crippen molar-refractivity contribution in [2.45, 2.75) is 38.9 Å². The second kappa shape index (κ2) is 7.90. The number of benzene rings is 2. The van der Waals surface area contributed by atoms with Crippen LogP contribution < -0.4 is 10.2 Å². The maximum absolute atomic E-state index is 14.5. The molecule has 0 radical (unpaired) electrons. The van der Waals surface area contributed by atoms with Crippen molar-refractivity contribution in [3.63, 3.8) is 0 Å². The van der Waals surface area contributed by atoms with Crippen LogP contribution in [0, 0.1) is 0 Å². The van der Waals surface area contributed by atoms with Crippen LogP contribution >= 0.6 is 0 Å². The van der Waals surface area contributed by atoms with Gasteiger partial charge in [0.1, 0.15) is 5.82 Å². The van der Waals surface area contributed by atoms with Crippen molar-refractivity contribution in [2.24, 2.45) is 0 Å². The second-order valence-electron chi connectivity index (χ2n) is 9.29. The Morgan fingerprint density at radius 1 is 0.912 bits per heavy atom. The minimum atomic E-state index is -4.59. The molecule has 0 saturated heterocycles. The Labute approximate surface area is 195 Å². The summed E-state index contributed by atoms with van der Waals surface area (Å²) in [5.74, 6) is 0.465. The van der Waals surface area contributed by atoms with Gasteiger partial charge in [0.15, 0.2) is 0 Å². The van der Waals surface area contributed by atoms with Crippen molar-refractivity contribution in [1.82, 2.24) is 14.8 Å². The first-order valence-electron chi connectivity index (χ1n) is 11.0. The maximum atomic E-state index is 14.5. The number of alkyl halides is 3. The number of nitrogens with zero attached hydrogens (tertiary/aromatic N) is 4. The zero-order chi connectivity index (χ0) is 24.1. The Kier molecular flexibility index (Phi) is 5.11. The fraction of sp³-hybridized carbons (Fsp3) is 0.231. The second-order valence-corrected chi connectivity index (χ2v) is 9.29. The summed E-state index contributed by atoms with van der Waals surface area (Å²) in [6, 6.07) is 17.1. The van der Waals surface area contributed by atoms with Crippen LogP contribution in [0.1, 0.15) is 37.6 Å². The molecule has 0 fully saturated rings. The number of anilines is 4. The Hall–Kier alpha value is -3.81. The van der Waals surface area contributed by atoms with Gasteiger partial charge in [0.2, 0.25) is 0 Å². The lowest BCUT2D eigenvalue weighted by Gasteiger charge is -2.28. The van der Waals surface area contributed by atoms with Crippen LogP contribution in [0.4, 0.5) is 36.1 Å². The summed E-state index contributed by atoms with van der Waals surface area (Å²) in [5, 5.41) is 7.83. The van der Waals surface area contributed by atoms with E-state index in [1.54, 1.807) is 41.6 Å². The highest BCUT2D eigenvalue weighted by Gasteiger charge is 2.37. The van der Waals surface area contributed by atoms with Crippen molar-refractivity contribution in [3.05, 3.63) is 89.9 Å². The molecule has 174 valence electrons. The number of rotatable bonds is 2. The molecule has 1 aliphatic rings. The molecule has 8 heteroatoms. The average molecular weight is 464 g/mol. The lowest BCUT2D eigenvalue weighted by atomic mass is 9.93. The van der Waals surface area contributed by atoms with Crippen LogP contribution in [0.2, 0.25) is 0 Å². The standard InChI is InChI=1S/C26H24F3N5/c1-25(2,3)23-12-14-33(32-23)18-10-11-21(19(15-18)26(27,28)29)34-22-9-5-4-8-20(22)31-16-17-7-6-13-30-24(17)34/h4-15,31H,16H2,1-3H3.